The number of hydrogen-bond donors (Lipinski definition) is 0. The SMILES string of the molecule is CC1(C)c2ccccc2-c2ccc(-c3cc(-c4ccc(-c5ccccn5)cc4)c4ccc5cccc6ccc3c4c56)cc21. The maximum Gasteiger partial charge on any atom is 0.0701 e. The number of benzene rings is 7. The third-order valence-electron chi connectivity index (χ3n) is 9.70. The van der Waals surface area contributed by atoms with E-state index in [4.69, 9.17) is 0 Å². The van der Waals surface area contributed by atoms with Crippen molar-refractivity contribution in [3.63, 3.8) is 0 Å². The van der Waals surface area contributed by atoms with Crippen molar-refractivity contribution in [2.75, 3.05) is 0 Å². The molecule has 43 heavy (non-hydrogen) atoms. The Morgan fingerprint density at radius 3 is 1.84 bits per heavy atom. The van der Waals surface area contributed by atoms with Crippen LogP contribution < -0.4 is 0 Å². The first kappa shape index (κ1) is 24.3. The molecule has 202 valence electrons. The summed E-state index contributed by atoms with van der Waals surface area (Å²) in [5, 5.41) is 7.87. The van der Waals surface area contributed by atoms with Crippen molar-refractivity contribution in [1.29, 1.82) is 0 Å². The highest BCUT2D eigenvalue weighted by Crippen LogP contribution is 2.51. The van der Waals surface area contributed by atoms with E-state index in [1.807, 2.05) is 18.3 Å². The lowest BCUT2D eigenvalue weighted by Gasteiger charge is -2.23. The maximum absolute atomic E-state index is 4.57. The Hall–Kier alpha value is -5.27. The van der Waals surface area contributed by atoms with Gasteiger partial charge in [-0.2, -0.15) is 0 Å². The molecule has 9 rings (SSSR count). The zero-order chi connectivity index (χ0) is 28.7. The zero-order valence-corrected chi connectivity index (χ0v) is 24.2. The monoisotopic (exact) mass is 547 g/mol. The molecule has 1 aliphatic carbocycles. The fourth-order valence-electron chi connectivity index (χ4n) is 7.53. The predicted octanol–water partition coefficient (Wildman–Crippen LogP) is 11.3. The zero-order valence-electron chi connectivity index (χ0n) is 24.2. The van der Waals surface area contributed by atoms with Gasteiger partial charge in [0.25, 0.3) is 0 Å². The topological polar surface area (TPSA) is 12.9 Å². The minimum absolute atomic E-state index is 0.0458. The van der Waals surface area contributed by atoms with Crippen LogP contribution in [0.2, 0.25) is 0 Å². The molecule has 8 aromatic rings. The summed E-state index contributed by atoms with van der Waals surface area (Å²) in [5.74, 6) is 0. The Kier molecular flexibility index (Phi) is 5.02. The van der Waals surface area contributed by atoms with Gasteiger partial charge in [0.1, 0.15) is 0 Å². The molecular formula is C42H29N. The largest absolute Gasteiger partial charge is 0.256 e. The molecule has 0 spiro atoms. The van der Waals surface area contributed by atoms with Gasteiger partial charge in [-0.05, 0) is 101 Å². The molecule has 0 N–H and O–H groups in total. The smallest absolute Gasteiger partial charge is 0.0701 e. The maximum atomic E-state index is 4.57. The average Bonchev–Trinajstić information content (AvgIpc) is 3.29. The van der Waals surface area contributed by atoms with Crippen molar-refractivity contribution in [2.24, 2.45) is 0 Å². The lowest BCUT2D eigenvalue weighted by Crippen LogP contribution is -2.14. The molecular weight excluding hydrogens is 518 g/mol. The first-order valence-electron chi connectivity index (χ1n) is 15.0. The number of aromatic nitrogens is 1. The number of pyridine rings is 1. The Bertz CT molecular complexity index is 2330. The molecule has 0 bridgehead atoms. The van der Waals surface area contributed by atoms with Crippen LogP contribution in [0.15, 0.2) is 140 Å². The van der Waals surface area contributed by atoms with Gasteiger partial charge in [-0.15, -0.1) is 0 Å². The minimum Gasteiger partial charge on any atom is -0.256 e. The highest BCUT2D eigenvalue weighted by molar-refractivity contribution is 6.28. The summed E-state index contributed by atoms with van der Waals surface area (Å²) >= 11 is 0. The fourth-order valence-corrected chi connectivity index (χ4v) is 7.53. The van der Waals surface area contributed by atoms with Gasteiger partial charge >= 0.3 is 0 Å². The van der Waals surface area contributed by atoms with Crippen molar-refractivity contribution in [2.45, 2.75) is 19.3 Å². The highest BCUT2D eigenvalue weighted by Gasteiger charge is 2.35. The molecule has 0 radical (unpaired) electrons. The van der Waals surface area contributed by atoms with Gasteiger partial charge in [0, 0.05) is 17.2 Å². The van der Waals surface area contributed by atoms with Crippen LogP contribution in [0.25, 0.3) is 77.0 Å². The number of fused-ring (bicyclic) bond motifs is 3. The van der Waals surface area contributed by atoms with Gasteiger partial charge in [0.2, 0.25) is 0 Å². The summed E-state index contributed by atoms with van der Waals surface area (Å²) in [6, 6.07) is 49.3. The molecule has 1 heteroatoms. The van der Waals surface area contributed by atoms with Crippen LogP contribution in [-0.4, -0.2) is 4.98 Å². The first-order valence-corrected chi connectivity index (χ1v) is 15.0. The van der Waals surface area contributed by atoms with Crippen LogP contribution in [0.1, 0.15) is 25.0 Å². The second-order valence-corrected chi connectivity index (χ2v) is 12.4. The second kappa shape index (κ2) is 8.86. The van der Waals surface area contributed by atoms with Crippen molar-refractivity contribution in [1.82, 2.24) is 4.98 Å². The van der Waals surface area contributed by atoms with Crippen LogP contribution >= 0.6 is 0 Å². The van der Waals surface area contributed by atoms with E-state index in [0.717, 1.165) is 11.3 Å². The van der Waals surface area contributed by atoms with E-state index in [0.29, 0.717) is 0 Å². The lowest BCUT2D eigenvalue weighted by molar-refractivity contribution is 0.660. The average molecular weight is 548 g/mol. The van der Waals surface area contributed by atoms with E-state index in [2.05, 4.69) is 140 Å². The van der Waals surface area contributed by atoms with Crippen LogP contribution in [0, 0.1) is 0 Å². The van der Waals surface area contributed by atoms with Gasteiger partial charge in [0.15, 0.2) is 0 Å². The van der Waals surface area contributed by atoms with E-state index >= 15 is 0 Å². The third-order valence-corrected chi connectivity index (χ3v) is 9.70. The highest BCUT2D eigenvalue weighted by atomic mass is 14.7. The third kappa shape index (κ3) is 3.49. The van der Waals surface area contributed by atoms with Gasteiger partial charge in [-0.1, -0.05) is 123 Å². The molecule has 0 saturated carbocycles. The second-order valence-electron chi connectivity index (χ2n) is 12.4. The molecule has 1 nitrogen and oxygen atoms in total. The molecule has 7 aromatic carbocycles. The van der Waals surface area contributed by atoms with Crippen LogP contribution in [0.5, 0.6) is 0 Å². The molecule has 0 unspecified atom stereocenters. The first-order chi connectivity index (χ1) is 21.1. The van der Waals surface area contributed by atoms with E-state index in [1.54, 1.807) is 0 Å². The minimum atomic E-state index is -0.0458. The Morgan fingerprint density at radius 1 is 0.442 bits per heavy atom. The van der Waals surface area contributed by atoms with Crippen molar-refractivity contribution in [3.05, 3.63) is 151 Å². The van der Waals surface area contributed by atoms with Gasteiger partial charge in [0.05, 0.1) is 5.69 Å². The summed E-state index contributed by atoms with van der Waals surface area (Å²) in [6.45, 7) is 4.72. The number of rotatable bonds is 3. The molecule has 0 aliphatic heterocycles. The fraction of sp³-hybridized carbons (Fsp3) is 0.0714. The number of nitrogens with zero attached hydrogens (tertiary/aromatic N) is 1. The Morgan fingerprint density at radius 2 is 1.09 bits per heavy atom. The summed E-state index contributed by atoms with van der Waals surface area (Å²) in [4.78, 5) is 4.57. The number of hydrogen-bond acceptors (Lipinski definition) is 1. The Labute approximate surface area is 251 Å². The van der Waals surface area contributed by atoms with E-state index in [-0.39, 0.29) is 5.41 Å². The Balaban J connectivity index is 1.31. The molecule has 1 aromatic heterocycles. The van der Waals surface area contributed by atoms with E-state index < -0.39 is 0 Å². The quantitative estimate of drug-likeness (QED) is 0.200. The van der Waals surface area contributed by atoms with Crippen molar-refractivity contribution < 1.29 is 0 Å². The predicted molar refractivity (Wildman–Crippen MR) is 182 cm³/mol. The molecule has 0 atom stereocenters. The molecule has 0 amide bonds. The molecule has 0 saturated heterocycles. The van der Waals surface area contributed by atoms with Gasteiger partial charge in [-0.3, -0.25) is 4.98 Å². The van der Waals surface area contributed by atoms with Gasteiger partial charge < -0.3 is 0 Å². The molecule has 1 heterocycles. The lowest BCUT2D eigenvalue weighted by atomic mass is 9.80. The van der Waals surface area contributed by atoms with Crippen LogP contribution in [0.4, 0.5) is 0 Å². The van der Waals surface area contributed by atoms with E-state index in [9.17, 15) is 0 Å². The van der Waals surface area contributed by atoms with Crippen molar-refractivity contribution >= 4 is 32.3 Å². The summed E-state index contributed by atoms with van der Waals surface area (Å²) in [7, 11) is 0. The normalized spacial score (nSPS) is 13.5. The summed E-state index contributed by atoms with van der Waals surface area (Å²) < 4.78 is 0. The van der Waals surface area contributed by atoms with Crippen molar-refractivity contribution in [3.8, 4) is 44.6 Å². The molecule has 1 aliphatic rings. The van der Waals surface area contributed by atoms with Gasteiger partial charge in [-0.25, -0.2) is 0 Å². The van der Waals surface area contributed by atoms with Crippen LogP contribution in [-0.2, 0) is 5.41 Å². The summed E-state index contributed by atoms with van der Waals surface area (Å²) in [6.07, 6.45) is 1.85. The molecule has 0 fully saturated rings. The van der Waals surface area contributed by atoms with E-state index in [1.165, 1.54) is 76.8 Å². The standard InChI is InChI=1S/C42H29N/c1-42(2)37-11-4-3-10-31(37)32-20-19-30(24-38(32)42)36-25-35(26-13-15-27(16-14-26)39-12-5-6-23-43-39)33-21-17-28-8-7-9-29-18-22-34(36)41(33)40(28)29/h3-25H,1-2H3. The summed E-state index contributed by atoms with van der Waals surface area (Å²) in [5.41, 5.74) is 12.6. The van der Waals surface area contributed by atoms with Crippen LogP contribution in [0.3, 0.4) is 0 Å².